The molecule has 0 aliphatic heterocycles. The molecule has 0 fully saturated rings. The quantitative estimate of drug-likeness (QED) is 0.771. The molecule has 18 heavy (non-hydrogen) atoms. The molecular formula is C15H18N2O. The zero-order valence-electron chi connectivity index (χ0n) is 11.1. The molecular weight excluding hydrogens is 224 g/mol. The minimum absolute atomic E-state index is 0.322. The van der Waals surface area contributed by atoms with Crippen molar-refractivity contribution in [3.8, 4) is 0 Å². The maximum Gasteiger partial charge on any atom is 0.153 e. The molecule has 0 atom stereocenters. The van der Waals surface area contributed by atoms with Crippen molar-refractivity contribution >= 4 is 23.0 Å². The van der Waals surface area contributed by atoms with E-state index in [2.05, 4.69) is 30.7 Å². The highest BCUT2D eigenvalue weighted by Crippen LogP contribution is 2.23. The van der Waals surface area contributed by atoms with E-state index < -0.39 is 0 Å². The van der Waals surface area contributed by atoms with E-state index in [4.69, 9.17) is 0 Å². The van der Waals surface area contributed by atoms with E-state index in [1.54, 1.807) is 0 Å². The van der Waals surface area contributed by atoms with Crippen LogP contribution in [-0.4, -0.2) is 23.9 Å². The number of para-hydroxylation sites is 1. The van der Waals surface area contributed by atoms with Crippen LogP contribution in [0.2, 0.25) is 0 Å². The van der Waals surface area contributed by atoms with Gasteiger partial charge in [0.2, 0.25) is 0 Å². The van der Waals surface area contributed by atoms with E-state index in [0.717, 1.165) is 29.6 Å². The van der Waals surface area contributed by atoms with Gasteiger partial charge in [0.15, 0.2) is 6.29 Å². The Balaban J connectivity index is 2.64. The maximum atomic E-state index is 11.2. The van der Waals surface area contributed by atoms with Gasteiger partial charge in [-0.3, -0.25) is 4.79 Å². The first kappa shape index (κ1) is 12.6. The highest BCUT2D eigenvalue weighted by atomic mass is 16.1. The lowest BCUT2D eigenvalue weighted by atomic mass is 10.1. The van der Waals surface area contributed by atoms with Crippen molar-refractivity contribution < 1.29 is 4.79 Å². The molecule has 1 heterocycles. The van der Waals surface area contributed by atoms with Crippen molar-refractivity contribution in [1.29, 1.82) is 0 Å². The average Bonchev–Trinajstić information content (AvgIpc) is 2.38. The maximum absolute atomic E-state index is 11.2. The second-order valence-electron chi connectivity index (χ2n) is 4.59. The summed E-state index contributed by atoms with van der Waals surface area (Å²) in [6.45, 7) is 7.12. The Hall–Kier alpha value is -1.90. The Morgan fingerprint density at radius 1 is 1.33 bits per heavy atom. The third kappa shape index (κ3) is 2.21. The number of benzene rings is 1. The lowest BCUT2D eigenvalue weighted by molar-refractivity contribution is 0.112. The van der Waals surface area contributed by atoms with Crippen molar-refractivity contribution in [2.45, 2.75) is 26.8 Å². The van der Waals surface area contributed by atoms with E-state index >= 15 is 0 Å². The number of rotatable bonds is 4. The monoisotopic (exact) mass is 242 g/mol. The summed E-state index contributed by atoms with van der Waals surface area (Å²) in [5.41, 5.74) is 1.58. The molecule has 0 radical (unpaired) electrons. The summed E-state index contributed by atoms with van der Waals surface area (Å²) in [6.07, 6.45) is 0.889. The average molecular weight is 242 g/mol. The molecule has 0 N–H and O–H groups in total. The van der Waals surface area contributed by atoms with E-state index in [9.17, 15) is 4.79 Å². The molecule has 3 heteroatoms. The van der Waals surface area contributed by atoms with Gasteiger partial charge in [0, 0.05) is 18.0 Å². The van der Waals surface area contributed by atoms with E-state index in [1.807, 2.05) is 30.3 Å². The second kappa shape index (κ2) is 5.17. The molecule has 0 aliphatic rings. The zero-order chi connectivity index (χ0) is 13.1. The molecule has 0 amide bonds. The van der Waals surface area contributed by atoms with Gasteiger partial charge in [-0.15, -0.1) is 0 Å². The fourth-order valence-electron chi connectivity index (χ4n) is 2.20. The van der Waals surface area contributed by atoms with E-state index in [-0.39, 0.29) is 0 Å². The van der Waals surface area contributed by atoms with Crippen LogP contribution in [0.1, 0.15) is 31.1 Å². The number of aromatic nitrogens is 1. The molecule has 2 rings (SSSR count). The van der Waals surface area contributed by atoms with Crippen LogP contribution in [0, 0.1) is 0 Å². The van der Waals surface area contributed by atoms with Crippen LogP contribution in [-0.2, 0) is 0 Å². The summed E-state index contributed by atoms with van der Waals surface area (Å²) in [6, 6.07) is 10.1. The van der Waals surface area contributed by atoms with Gasteiger partial charge in [0.05, 0.1) is 11.1 Å². The van der Waals surface area contributed by atoms with Crippen LogP contribution >= 0.6 is 0 Å². The first-order valence-electron chi connectivity index (χ1n) is 6.29. The molecule has 2 aromatic rings. The number of anilines is 1. The molecule has 0 aliphatic carbocycles. The minimum atomic E-state index is 0.322. The third-order valence-corrected chi connectivity index (χ3v) is 3.10. The highest BCUT2D eigenvalue weighted by molar-refractivity contribution is 5.91. The molecule has 94 valence electrons. The van der Waals surface area contributed by atoms with Gasteiger partial charge in [-0.2, -0.15) is 0 Å². The highest BCUT2D eigenvalue weighted by Gasteiger charge is 2.15. The predicted octanol–water partition coefficient (Wildman–Crippen LogP) is 3.28. The van der Waals surface area contributed by atoms with Gasteiger partial charge in [-0.25, -0.2) is 4.98 Å². The number of nitrogens with zero attached hydrogens (tertiary/aromatic N) is 2. The van der Waals surface area contributed by atoms with Gasteiger partial charge in [0.1, 0.15) is 5.82 Å². The lowest BCUT2D eigenvalue weighted by Crippen LogP contribution is -2.32. The number of hydrogen-bond donors (Lipinski definition) is 0. The van der Waals surface area contributed by atoms with Crippen LogP contribution in [0.4, 0.5) is 5.82 Å². The Bertz CT molecular complexity index is 563. The largest absolute Gasteiger partial charge is 0.354 e. The van der Waals surface area contributed by atoms with Crippen LogP contribution in [0.15, 0.2) is 30.3 Å². The van der Waals surface area contributed by atoms with Gasteiger partial charge in [-0.1, -0.05) is 18.2 Å². The van der Waals surface area contributed by atoms with Crippen LogP contribution < -0.4 is 4.90 Å². The topological polar surface area (TPSA) is 33.2 Å². The minimum Gasteiger partial charge on any atom is -0.354 e. The van der Waals surface area contributed by atoms with Gasteiger partial charge >= 0.3 is 0 Å². The zero-order valence-corrected chi connectivity index (χ0v) is 11.1. The Labute approximate surface area is 107 Å². The molecule has 0 saturated heterocycles. The molecule has 0 saturated carbocycles. The predicted molar refractivity (Wildman–Crippen MR) is 75.3 cm³/mol. The standard InChI is InChI=1S/C15H18N2O/c1-4-17(11(2)3)15-13(10-18)9-12-7-5-6-8-14(12)16-15/h5-11H,4H2,1-3H3. The Morgan fingerprint density at radius 2 is 2.06 bits per heavy atom. The smallest absolute Gasteiger partial charge is 0.153 e. The summed E-state index contributed by atoms with van der Waals surface area (Å²) in [5, 5.41) is 1.00. The van der Waals surface area contributed by atoms with Crippen molar-refractivity contribution in [3.63, 3.8) is 0 Å². The normalized spacial score (nSPS) is 10.9. The number of carbonyl (C=O) groups excluding carboxylic acids is 1. The summed E-state index contributed by atoms with van der Waals surface area (Å²) in [5.74, 6) is 0.779. The van der Waals surface area contributed by atoms with E-state index in [1.165, 1.54) is 0 Å². The molecule has 0 unspecified atom stereocenters. The Kier molecular flexibility index (Phi) is 3.60. The molecule has 0 spiro atoms. The number of hydrogen-bond acceptors (Lipinski definition) is 3. The summed E-state index contributed by atoms with van der Waals surface area (Å²) in [7, 11) is 0. The molecule has 3 nitrogen and oxygen atoms in total. The van der Waals surface area contributed by atoms with Gasteiger partial charge < -0.3 is 4.90 Å². The van der Waals surface area contributed by atoms with Gasteiger partial charge in [-0.05, 0) is 32.9 Å². The lowest BCUT2D eigenvalue weighted by Gasteiger charge is -2.27. The van der Waals surface area contributed by atoms with Crippen molar-refractivity contribution in [3.05, 3.63) is 35.9 Å². The fourth-order valence-corrected chi connectivity index (χ4v) is 2.20. The fraction of sp³-hybridized carbons (Fsp3) is 0.333. The molecule has 1 aromatic heterocycles. The van der Waals surface area contributed by atoms with Crippen molar-refractivity contribution in [1.82, 2.24) is 4.98 Å². The SMILES string of the molecule is CCN(c1nc2ccccc2cc1C=O)C(C)C. The second-order valence-corrected chi connectivity index (χ2v) is 4.59. The third-order valence-electron chi connectivity index (χ3n) is 3.10. The molecule has 0 bridgehead atoms. The number of pyridine rings is 1. The Morgan fingerprint density at radius 3 is 2.67 bits per heavy atom. The summed E-state index contributed by atoms with van der Waals surface area (Å²) >= 11 is 0. The van der Waals surface area contributed by atoms with E-state index in [0.29, 0.717) is 11.6 Å². The first-order chi connectivity index (χ1) is 8.67. The van der Waals surface area contributed by atoms with Crippen LogP contribution in [0.5, 0.6) is 0 Å². The molecule has 1 aromatic carbocycles. The summed E-state index contributed by atoms with van der Waals surface area (Å²) in [4.78, 5) is 18.0. The van der Waals surface area contributed by atoms with Crippen molar-refractivity contribution in [2.24, 2.45) is 0 Å². The number of carbonyl (C=O) groups is 1. The van der Waals surface area contributed by atoms with Gasteiger partial charge in [0.25, 0.3) is 0 Å². The van der Waals surface area contributed by atoms with Crippen LogP contribution in [0.3, 0.4) is 0 Å². The van der Waals surface area contributed by atoms with Crippen molar-refractivity contribution in [2.75, 3.05) is 11.4 Å². The van der Waals surface area contributed by atoms with Crippen LogP contribution in [0.25, 0.3) is 10.9 Å². The number of fused-ring (bicyclic) bond motifs is 1. The number of aldehydes is 1. The summed E-state index contributed by atoms with van der Waals surface area (Å²) < 4.78 is 0. The first-order valence-corrected chi connectivity index (χ1v) is 6.29.